The summed E-state index contributed by atoms with van der Waals surface area (Å²) < 4.78 is 27.3. The summed E-state index contributed by atoms with van der Waals surface area (Å²) in [4.78, 5) is 5.81. The van der Waals surface area contributed by atoms with Crippen molar-refractivity contribution in [2.75, 3.05) is 20.1 Å². The van der Waals surface area contributed by atoms with Crippen LogP contribution in [0, 0.1) is 0 Å². The molecular weight excluding hydrogens is 380 g/mol. The molecule has 2 N–H and O–H groups in total. The zero-order valence-electron chi connectivity index (χ0n) is 15.5. The van der Waals surface area contributed by atoms with Crippen molar-refractivity contribution in [2.45, 2.75) is 37.2 Å². The number of nitrogens with one attached hydrogen (secondary N) is 2. The lowest BCUT2D eigenvalue weighted by Gasteiger charge is -2.26. The van der Waals surface area contributed by atoms with Gasteiger partial charge in [0.15, 0.2) is 5.96 Å². The fraction of sp³-hybridized carbons (Fsp3) is 0.421. The van der Waals surface area contributed by atoms with Gasteiger partial charge in [-0.2, -0.15) is 4.31 Å². The van der Waals surface area contributed by atoms with E-state index in [2.05, 4.69) is 21.7 Å². The number of benzene rings is 1. The van der Waals surface area contributed by atoms with Gasteiger partial charge in [0.25, 0.3) is 0 Å². The van der Waals surface area contributed by atoms with Crippen molar-refractivity contribution in [3.05, 3.63) is 52.2 Å². The third-order valence-corrected chi connectivity index (χ3v) is 7.32. The van der Waals surface area contributed by atoms with Crippen LogP contribution in [0.1, 0.15) is 29.7 Å². The molecule has 6 nitrogen and oxygen atoms in total. The molecule has 0 spiro atoms. The van der Waals surface area contributed by atoms with Crippen molar-refractivity contribution in [1.82, 2.24) is 14.9 Å². The Morgan fingerprint density at radius 1 is 1.11 bits per heavy atom. The first kappa shape index (κ1) is 19.9. The normalized spacial score (nSPS) is 16.3. The fourth-order valence-electron chi connectivity index (χ4n) is 3.06. The van der Waals surface area contributed by atoms with Crippen LogP contribution in [-0.2, 0) is 23.1 Å². The number of hydrogen-bond acceptors (Lipinski definition) is 4. The van der Waals surface area contributed by atoms with Crippen molar-refractivity contribution < 1.29 is 8.42 Å². The van der Waals surface area contributed by atoms with E-state index < -0.39 is 10.0 Å². The maximum absolute atomic E-state index is 12.8. The van der Waals surface area contributed by atoms with Crippen LogP contribution in [0.15, 0.2) is 51.7 Å². The van der Waals surface area contributed by atoms with E-state index in [9.17, 15) is 8.42 Å². The topological polar surface area (TPSA) is 73.8 Å². The number of nitrogens with zero attached hydrogens (tertiary/aromatic N) is 2. The number of sulfonamides is 1. The summed E-state index contributed by atoms with van der Waals surface area (Å²) in [7, 11) is -1.68. The lowest BCUT2D eigenvalue weighted by molar-refractivity contribution is 0.346. The Bertz CT molecular complexity index is 858. The fourth-order valence-corrected chi connectivity index (χ4v) is 5.29. The minimum absolute atomic E-state index is 0.366. The first-order valence-corrected chi connectivity index (χ1v) is 11.5. The summed E-state index contributed by atoms with van der Waals surface area (Å²) in [5.41, 5.74) is 0.909. The van der Waals surface area contributed by atoms with Gasteiger partial charge in [0, 0.05) is 31.6 Å². The molecule has 0 radical (unpaired) electrons. The maximum atomic E-state index is 12.8. The van der Waals surface area contributed by atoms with Gasteiger partial charge in [-0.15, -0.1) is 11.3 Å². The molecule has 1 aromatic carbocycles. The molecule has 0 aliphatic carbocycles. The lowest BCUT2D eigenvalue weighted by Crippen LogP contribution is -2.36. The second-order valence-corrected chi connectivity index (χ2v) is 9.44. The number of guanidine groups is 1. The number of piperidine rings is 1. The number of thiophene rings is 1. The van der Waals surface area contributed by atoms with Gasteiger partial charge < -0.3 is 10.6 Å². The predicted molar refractivity (Wildman–Crippen MR) is 110 cm³/mol. The van der Waals surface area contributed by atoms with Crippen molar-refractivity contribution in [3.63, 3.8) is 0 Å². The largest absolute Gasteiger partial charge is 0.352 e. The van der Waals surface area contributed by atoms with E-state index in [0.717, 1.165) is 24.8 Å². The highest BCUT2D eigenvalue weighted by Gasteiger charge is 2.25. The van der Waals surface area contributed by atoms with Gasteiger partial charge in [-0.05, 0) is 42.0 Å². The molecule has 1 saturated heterocycles. The summed E-state index contributed by atoms with van der Waals surface area (Å²) in [6, 6.07) is 11.2. The van der Waals surface area contributed by atoms with Crippen molar-refractivity contribution in [2.24, 2.45) is 4.99 Å². The molecule has 1 aliphatic rings. The highest BCUT2D eigenvalue weighted by atomic mass is 32.2. The minimum atomic E-state index is -3.41. The van der Waals surface area contributed by atoms with Gasteiger partial charge in [0.1, 0.15) is 0 Å². The van der Waals surface area contributed by atoms with E-state index in [4.69, 9.17) is 0 Å². The van der Waals surface area contributed by atoms with E-state index in [-0.39, 0.29) is 0 Å². The molecule has 27 heavy (non-hydrogen) atoms. The highest BCUT2D eigenvalue weighted by molar-refractivity contribution is 7.89. The zero-order valence-corrected chi connectivity index (χ0v) is 17.2. The standard InChI is InChI=1S/C19H26N4O2S2/c1-20-19(22-15-17-8-6-12-26-17)21-14-16-7-5-9-18(13-16)27(24,25)23-10-3-2-4-11-23/h5-9,12-13H,2-4,10-11,14-15H2,1H3,(H2,20,21,22). The summed E-state index contributed by atoms with van der Waals surface area (Å²) >= 11 is 1.69. The second kappa shape index (κ2) is 9.34. The Balaban J connectivity index is 1.61. The Labute approximate surface area is 165 Å². The first-order chi connectivity index (χ1) is 13.1. The Hall–Kier alpha value is -1.90. The number of aliphatic imine (C=N–C) groups is 1. The Morgan fingerprint density at radius 2 is 1.89 bits per heavy atom. The van der Waals surface area contributed by atoms with Crippen LogP contribution in [-0.4, -0.2) is 38.8 Å². The molecule has 146 valence electrons. The average Bonchev–Trinajstić information content (AvgIpc) is 3.23. The van der Waals surface area contributed by atoms with E-state index in [1.165, 1.54) is 4.88 Å². The molecule has 3 rings (SSSR count). The number of rotatable bonds is 6. The minimum Gasteiger partial charge on any atom is -0.352 e. The van der Waals surface area contributed by atoms with Crippen LogP contribution in [0.4, 0.5) is 0 Å². The first-order valence-electron chi connectivity index (χ1n) is 9.15. The molecular formula is C19H26N4O2S2. The third kappa shape index (κ3) is 5.31. The second-order valence-electron chi connectivity index (χ2n) is 6.47. The predicted octanol–water partition coefficient (Wildman–Crippen LogP) is 2.79. The monoisotopic (exact) mass is 406 g/mol. The molecule has 0 amide bonds. The van der Waals surface area contributed by atoms with E-state index in [0.29, 0.717) is 37.0 Å². The van der Waals surface area contributed by atoms with Crippen LogP contribution in [0.25, 0.3) is 0 Å². The molecule has 1 aliphatic heterocycles. The Kier molecular flexibility index (Phi) is 6.87. The van der Waals surface area contributed by atoms with Crippen LogP contribution >= 0.6 is 11.3 Å². The summed E-state index contributed by atoms with van der Waals surface area (Å²) in [5.74, 6) is 0.688. The molecule has 0 saturated carbocycles. The van der Waals surface area contributed by atoms with Crippen molar-refractivity contribution in [3.8, 4) is 0 Å². The van der Waals surface area contributed by atoms with Crippen molar-refractivity contribution >= 4 is 27.3 Å². The van der Waals surface area contributed by atoms with E-state index in [1.807, 2.05) is 17.5 Å². The van der Waals surface area contributed by atoms with E-state index in [1.54, 1.807) is 40.9 Å². The van der Waals surface area contributed by atoms with Crippen LogP contribution < -0.4 is 10.6 Å². The van der Waals surface area contributed by atoms with Gasteiger partial charge in [-0.3, -0.25) is 4.99 Å². The Morgan fingerprint density at radius 3 is 2.59 bits per heavy atom. The molecule has 8 heteroatoms. The summed E-state index contributed by atoms with van der Waals surface area (Å²) in [5, 5.41) is 8.55. The van der Waals surface area contributed by atoms with Crippen LogP contribution in [0.2, 0.25) is 0 Å². The van der Waals surface area contributed by atoms with Crippen LogP contribution in [0.3, 0.4) is 0 Å². The van der Waals surface area contributed by atoms with Crippen LogP contribution in [0.5, 0.6) is 0 Å². The molecule has 0 atom stereocenters. The zero-order chi connectivity index (χ0) is 19.1. The van der Waals surface area contributed by atoms with Gasteiger partial charge in [-0.25, -0.2) is 8.42 Å². The summed E-state index contributed by atoms with van der Waals surface area (Å²) in [6.07, 6.45) is 2.98. The molecule has 0 unspecified atom stereocenters. The van der Waals surface area contributed by atoms with Gasteiger partial charge in [0.05, 0.1) is 11.4 Å². The van der Waals surface area contributed by atoms with E-state index >= 15 is 0 Å². The lowest BCUT2D eigenvalue weighted by atomic mass is 10.2. The van der Waals surface area contributed by atoms with Gasteiger partial charge >= 0.3 is 0 Å². The molecule has 2 aromatic rings. The third-order valence-electron chi connectivity index (χ3n) is 4.54. The summed E-state index contributed by atoms with van der Waals surface area (Å²) in [6.45, 7) is 2.45. The average molecular weight is 407 g/mol. The quantitative estimate of drug-likeness (QED) is 0.571. The highest BCUT2D eigenvalue weighted by Crippen LogP contribution is 2.21. The number of hydrogen-bond donors (Lipinski definition) is 2. The SMILES string of the molecule is CN=C(NCc1cccc(S(=O)(=O)N2CCCCC2)c1)NCc1cccs1. The molecule has 0 bridgehead atoms. The molecule has 2 heterocycles. The smallest absolute Gasteiger partial charge is 0.243 e. The molecule has 1 fully saturated rings. The molecule has 1 aromatic heterocycles. The van der Waals surface area contributed by atoms with Gasteiger partial charge in [-0.1, -0.05) is 24.6 Å². The van der Waals surface area contributed by atoms with Crippen molar-refractivity contribution in [1.29, 1.82) is 0 Å². The maximum Gasteiger partial charge on any atom is 0.243 e. The van der Waals surface area contributed by atoms with Gasteiger partial charge in [0.2, 0.25) is 10.0 Å².